The van der Waals surface area contributed by atoms with Crippen LogP contribution in [0.15, 0.2) is 11.6 Å². The minimum atomic E-state index is -0.565. The van der Waals surface area contributed by atoms with Crippen LogP contribution in [0.2, 0.25) is 0 Å². The van der Waals surface area contributed by atoms with Gasteiger partial charge in [0.15, 0.2) is 0 Å². The molecule has 0 spiro atoms. The van der Waals surface area contributed by atoms with Gasteiger partial charge in [-0.15, -0.1) is 11.3 Å². The molecule has 1 heterocycles. The summed E-state index contributed by atoms with van der Waals surface area (Å²) < 4.78 is 4.74. The van der Waals surface area contributed by atoms with Gasteiger partial charge in [0.1, 0.15) is 11.1 Å². The van der Waals surface area contributed by atoms with Crippen molar-refractivity contribution < 1.29 is 9.84 Å². The number of aliphatic hydroxyl groups excluding tert-OH is 1. The summed E-state index contributed by atoms with van der Waals surface area (Å²) in [5.41, 5.74) is 0. The molecule has 1 unspecified atom stereocenters. The lowest BCUT2D eigenvalue weighted by atomic mass is 10.4. The molecule has 3 nitrogen and oxygen atoms in total. The Balaban J connectivity index is 2.50. The van der Waals surface area contributed by atoms with Crippen molar-refractivity contribution in [3.63, 3.8) is 0 Å². The summed E-state index contributed by atoms with van der Waals surface area (Å²) >= 11 is 1.43. The summed E-state index contributed by atoms with van der Waals surface area (Å²) in [7, 11) is 1.55. The number of rotatable bonds is 3. The highest BCUT2D eigenvalue weighted by Gasteiger charge is 2.07. The standard InChI is InChI=1S/C6H9NO2S/c1-9-4-5(8)6-7-2-3-10-6/h2-3,5,8H,4H2,1H3. The number of ether oxygens (including phenoxy) is 1. The molecule has 0 aliphatic heterocycles. The number of methoxy groups -OCH3 is 1. The largest absolute Gasteiger partial charge is 0.383 e. The second kappa shape index (κ2) is 3.65. The van der Waals surface area contributed by atoms with Crippen LogP contribution in [-0.2, 0) is 4.74 Å². The van der Waals surface area contributed by atoms with Gasteiger partial charge in [0, 0.05) is 18.7 Å². The summed E-state index contributed by atoms with van der Waals surface area (Å²) in [6.45, 7) is 0.313. The quantitative estimate of drug-likeness (QED) is 0.710. The molecule has 1 rings (SSSR count). The van der Waals surface area contributed by atoms with E-state index in [9.17, 15) is 5.11 Å². The summed E-state index contributed by atoms with van der Waals surface area (Å²) in [5.74, 6) is 0. The normalized spacial score (nSPS) is 13.4. The zero-order valence-electron chi connectivity index (χ0n) is 5.65. The first-order valence-electron chi connectivity index (χ1n) is 2.91. The van der Waals surface area contributed by atoms with Crippen LogP contribution in [0.5, 0.6) is 0 Å². The van der Waals surface area contributed by atoms with Gasteiger partial charge >= 0.3 is 0 Å². The number of hydrogen-bond acceptors (Lipinski definition) is 4. The fraction of sp³-hybridized carbons (Fsp3) is 0.500. The molecule has 1 aromatic heterocycles. The number of nitrogens with zero attached hydrogens (tertiary/aromatic N) is 1. The summed E-state index contributed by atoms with van der Waals surface area (Å²) in [5, 5.41) is 11.8. The first-order valence-corrected chi connectivity index (χ1v) is 3.79. The summed E-state index contributed by atoms with van der Waals surface area (Å²) in [6.07, 6.45) is 1.10. The van der Waals surface area contributed by atoms with Gasteiger partial charge in [0.25, 0.3) is 0 Å². The van der Waals surface area contributed by atoms with E-state index in [1.54, 1.807) is 13.3 Å². The highest BCUT2D eigenvalue weighted by atomic mass is 32.1. The SMILES string of the molecule is COCC(O)c1nccs1. The van der Waals surface area contributed by atoms with Crippen molar-refractivity contribution in [2.75, 3.05) is 13.7 Å². The Hall–Kier alpha value is -0.450. The molecular weight excluding hydrogens is 150 g/mol. The van der Waals surface area contributed by atoms with E-state index < -0.39 is 6.10 Å². The second-order valence-electron chi connectivity index (χ2n) is 1.84. The van der Waals surface area contributed by atoms with E-state index in [2.05, 4.69) is 4.98 Å². The van der Waals surface area contributed by atoms with Crippen molar-refractivity contribution in [2.45, 2.75) is 6.10 Å². The third kappa shape index (κ3) is 1.76. The number of aromatic nitrogens is 1. The van der Waals surface area contributed by atoms with Gasteiger partial charge in [-0.3, -0.25) is 0 Å². The molecule has 0 aliphatic carbocycles. The van der Waals surface area contributed by atoms with Gasteiger partial charge < -0.3 is 9.84 Å². The molecule has 0 bridgehead atoms. The third-order valence-electron chi connectivity index (χ3n) is 1.06. The van der Waals surface area contributed by atoms with Crippen molar-refractivity contribution in [1.82, 2.24) is 4.98 Å². The number of aliphatic hydroxyl groups is 1. The van der Waals surface area contributed by atoms with Crippen LogP contribution >= 0.6 is 11.3 Å². The van der Waals surface area contributed by atoms with Crippen molar-refractivity contribution in [1.29, 1.82) is 0 Å². The highest BCUT2D eigenvalue weighted by molar-refractivity contribution is 7.09. The summed E-state index contributed by atoms with van der Waals surface area (Å²) in [4.78, 5) is 3.92. The molecule has 4 heteroatoms. The van der Waals surface area contributed by atoms with Gasteiger partial charge in [0.2, 0.25) is 0 Å². The minimum absolute atomic E-state index is 0.313. The zero-order valence-corrected chi connectivity index (χ0v) is 6.47. The van der Waals surface area contributed by atoms with Crippen LogP contribution in [0, 0.1) is 0 Å². The van der Waals surface area contributed by atoms with E-state index in [1.807, 2.05) is 5.38 Å². The molecule has 0 fully saturated rings. The van der Waals surface area contributed by atoms with E-state index in [4.69, 9.17) is 4.74 Å². The highest BCUT2D eigenvalue weighted by Crippen LogP contribution is 2.14. The lowest BCUT2D eigenvalue weighted by Crippen LogP contribution is -2.03. The minimum Gasteiger partial charge on any atom is -0.383 e. The fourth-order valence-electron chi connectivity index (χ4n) is 0.628. The maximum atomic E-state index is 9.23. The van der Waals surface area contributed by atoms with Crippen LogP contribution in [0.3, 0.4) is 0 Å². The average Bonchev–Trinajstić information content (AvgIpc) is 2.38. The van der Waals surface area contributed by atoms with Crippen molar-refractivity contribution in [3.05, 3.63) is 16.6 Å². The predicted molar refractivity (Wildman–Crippen MR) is 38.9 cm³/mol. The van der Waals surface area contributed by atoms with Crippen LogP contribution < -0.4 is 0 Å². The Morgan fingerprint density at radius 2 is 2.70 bits per heavy atom. The molecule has 1 N–H and O–H groups in total. The van der Waals surface area contributed by atoms with Crippen LogP contribution in [0.4, 0.5) is 0 Å². The van der Waals surface area contributed by atoms with Crippen molar-refractivity contribution >= 4 is 11.3 Å². The molecule has 0 amide bonds. The zero-order chi connectivity index (χ0) is 7.40. The lowest BCUT2D eigenvalue weighted by Gasteiger charge is -2.03. The van der Waals surface area contributed by atoms with Gasteiger partial charge in [-0.1, -0.05) is 0 Å². The molecule has 0 saturated heterocycles. The molecule has 1 aromatic rings. The van der Waals surface area contributed by atoms with E-state index in [0.717, 1.165) is 0 Å². The Labute approximate surface area is 63.3 Å². The Bertz CT molecular complexity index is 176. The van der Waals surface area contributed by atoms with Gasteiger partial charge in [-0.05, 0) is 0 Å². The van der Waals surface area contributed by atoms with Gasteiger partial charge in [-0.25, -0.2) is 4.98 Å². The lowest BCUT2D eigenvalue weighted by molar-refractivity contribution is 0.0642. The topological polar surface area (TPSA) is 42.4 Å². The molecule has 0 aliphatic rings. The van der Waals surface area contributed by atoms with Crippen LogP contribution in [0.25, 0.3) is 0 Å². The first kappa shape index (κ1) is 7.65. The molecule has 0 aromatic carbocycles. The molecule has 0 radical (unpaired) electrons. The van der Waals surface area contributed by atoms with E-state index in [0.29, 0.717) is 11.6 Å². The molecule has 56 valence electrons. The predicted octanol–water partition coefficient (Wildman–Crippen LogP) is 0.823. The first-order chi connectivity index (χ1) is 4.84. The van der Waals surface area contributed by atoms with E-state index >= 15 is 0 Å². The molecular formula is C6H9NO2S. The Morgan fingerprint density at radius 1 is 1.90 bits per heavy atom. The summed E-state index contributed by atoms with van der Waals surface area (Å²) in [6, 6.07) is 0. The van der Waals surface area contributed by atoms with Crippen molar-refractivity contribution in [3.8, 4) is 0 Å². The smallest absolute Gasteiger partial charge is 0.129 e. The monoisotopic (exact) mass is 159 g/mol. The maximum Gasteiger partial charge on any atom is 0.129 e. The fourth-order valence-corrected chi connectivity index (χ4v) is 1.24. The Kier molecular flexibility index (Phi) is 2.80. The molecule has 10 heavy (non-hydrogen) atoms. The number of thiazole rings is 1. The van der Waals surface area contributed by atoms with E-state index in [1.165, 1.54) is 11.3 Å². The molecule has 0 saturated carbocycles. The second-order valence-corrected chi connectivity index (χ2v) is 2.77. The molecule has 1 atom stereocenters. The third-order valence-corrected chi connectivity index (χ3v) is 1.94. The van der Waals surface area contributed by atoms with Crippen LogP contribution in [-0.4, -0.2) is 23.8 Å². The van der Waals surface area contributed by atoms with Gasteiger partial charge in [0.05, 0.1) is 6.61 Å². The van der Waals surface area contributed by atoms with Crippen LogP contribution in [0.1, 0.15) is 11.1 Å². The maximum absolute atomic E-state index is 9.23. The average molecular weight is 159 g/mol. The number of hydrogen-bond donors (Lipinski definition) is 1. The Morgan fingerprint density at radius 3 is 3.20 bits per heavy atom. The van der Waals surface area contributed by atoms with Gasteiger partial charge in [-0.2, -0.15) is 0 Å². The van der Waals surface area contributed by atoms with Crippen molar-refractivity contribution in [2.24, 2.45) is 0 Å². The van der Waals surface area contributed by atoms with E-state index in [-0.39, 0.29) is 0 Å².